The van der Waals surface area contributed by atoms with E-state index in [1.165, 1.54) is 12.8 Å². The standard InChI is InChI=1S/C12H27NO2S/c1-5-6-7-8-13-9-12(4)16(14,15)10-11(2)3/h11-13H,5-10H2,1-4H3. The van der Waals surface area contributed by atoms with Crippen molar-refractivity contribution >= 4 is 9.84 Å². The average molecular weight is 249 g/mol. The van der Waals surface area contributed by atoms with E-state index in [1.54, 1.807) is 6.92 Å². The molecule has 0 bridgehead atoms. The van der Waals surface area contributed by atoms with Crippen LogP contribution in [0.5, 0.6) is 0 Å². The fourth-order valence-electron chi connectivity index (χ4n) is 1.56. The van der Waals surface area contributed by atoms with E-state index in [1.807, 2.05) is 13.8 Å². The molecule has 4 heteroatoms. The SMILES string of the molecule is CCCCCNCC(C)S(=O)(=O)CC(C)C. The lowest BCUT2D eigenvalue weighted by atomic mass is 10.2. The van der Waals surface area contributed by atoms with E-state index in [0.717, 1.165) is 13.0 Å². The summed E-state index contributed by atoms with van der Waals surface area (Å²) in [6, 6.07) is 0. The van der Waals surface area contributed by atoms with Crippen molar-refractivity contribution in [3.05, 3.63) is 0 Å². The maximum Gasteiger partial charge on any atom is 0.154 e. The van der Waals surface area contributed by atoms with Crippen molar-refractivity contribution in [2.75, 3.05) is 18.8 Å². The van der Waals surface area contributed by atoms with Gasteiger partial charge in [0.2, 0.25) is 0 Å². The second-order valence-electron chi connectivity index (χ2n) is 4.95. The fourth-order valence-corrected chi connectivity index (χ4v) is 3.19. The third-order valence-corrected chi connectivity index (χ3v) is 5.09. The van der Waals surface area contributed by atoms with Crippen molar-refractivity contribution in [2.45, 2.75) is 52.2 Å². The van der Waals surface area contributed by atoms with Gasteiger partial charge in [-0.2, -0.15) is 0 Å². The molecule has 0 fully saturated rings. The first-order valence-corrected chi connectivity index (χ1v) is 8.04. The Morgan fingerprint density at radius 1 is 1.12 bits per heavy atom. The molecule has 3 nitrogen and oxygen atoms in total. The number of nitrogens with one attached hydrogen (secondary N) is 1. The van der Waals surface area contributed by atoms with Crippen LogP contribution in [0.1, 0.15) is 47.0 Å². The van der Waals surface area contributed by atoms with Crippen LogP contribution in [-0.4, -0.2) is 32.5 Å². The van der Waals surface area contributed by atoms with Gasteiger partial charge in [-0.15, -0.1) is 0 Å². The maximum atomic E-state index is 11.8. The molecule has 0 aliphatic rings. The molecule has 0 amide bonds. The molecule has 16 heavy (non-hydrogen) atoms. The lowest BCUT2D eigenvalue weighted by Crippen LogP contribution is -2.34. The van der Waals surface area contributed by atoms with E-state index in [0.29, 0.717) is 12.3 Å². The Bertz CT molecular complexity index is 260. The van der Waals surface area contributed by atoms with Gasteiger partial charge in [0, 0.05) is 6.54 Å². The van der Waals surface area contributed by atoms with Gasteiger partial charge in [0.15, 0.2) is 9.84 Å². The monoisotopic (exact) mass is 249 g/mol. The third kappa shape index (κ3) is 7.23. The lowest BCUT2D eigenvalue weighted by molar-refractivity contribution is 0.554. The first-order valence-electron chi connectivity index (χ1n) is 6.32. The summed E-state index contributed by atoms with van der Waals surface area (Å²) in [4.78, 5) is 0. The van der Waals surface area contributed by atoms with Gasteiger partial charge in [-0.1, -0.05) is 33.6 Å². The van der Waals surface area contributed by atoms with Gasteiger partial charge in [-0.25, -0.2) is 8.42 Å². The first-order chi connectivity index (χ1) is 7.40. The molecular formula is C12H27NO2S. The zero-order chi connectivity index (χ0) is 12.6. The molecule has 1 N–H and O–H groups in total. The number of hydrogen-bond donors (Lipinski definition) is 1. The molecule has 0 aromatic heterocycles. The largest absolute Gasteiger partial charge is 0.315 e. The molecule has 0 saturated carbocycles. The normalized spacial score (nSPS) is 14.3. The summed E-state index contributed by atoms with van der Waals surface area (Å²) in [5, 5.41) is 2.95. The quantitative estimate of drug-likeness (QED) is 0.637. The summed E-state index contributed by atoms with van der Waals surface area (Å²) >= 11 is 0. The molecule has 98 valence electrons. The van der Waals surface area contributed by atoms with E-state index in [4.69, 9.17) is 0 Å². The van der Waals surface area contributed by atoms with Crippen molar-refractivity contribution in [1.82, 2.24) is 5.32 Å². The summed E-state index contributed by atoms with van der Waals surface area (Å²) in [7, 11) is -2.91. The van der Waals surface area contributed by atoms with Crippen LogP contribution in [0.4, 0.5) is 0 Å². The molecule has 1 atom stereocenters. The van der Waals surface area contributed by atoms with Crippen LogP contribution in [0.15, 0.2) is 0 Å². The second kappa shape index (κ2) is 8.07. The predicted molar refractivity (Wildman–Crippen MR) is 70.5 cm³/mol. The number of rotatable bonds is 9. The molecule has 1 unspecified atom stereocenters. The van der Waals surface area contributed by atoms with E-state index in [2.05, 4.69) is 12.2 Å². The van der Waals surface area contributed by atoms with Gasteiger partial charge >= 0.3 is 0 Å². The first kappa shape index (κ1) is 15.9. The Labute approximate surface area is 101 Å². The maximum absolute atomic E-state index is 11.8. The predicted octanol–water partition coefficient (Wildman–Crippen LogP) is 2.23. The molecule has 0 aliphatic heterocycles. The van der Waals surface area contributed by atoms with Crippen molar-refractivity contribution in [1.29, 1.82) is 0 Å². The van der Waals surface area contributed by atoms with Crippen LogP contribution < -0.4 is 5.32 Å². The van der Waals surface area contributed by atoms with Crippen LogP contribution in [0.3, 0.4) is 0 Å². The third-order valence-electron chi connectivity index (χ3n) is 2.57. The van der Waals surface area contributed by atoms with Gasteiger partial charge in [-0.05, 0) is 25.8 Å². The fraction of sp³-hybridized carbons (Fsp3) is 1.00. The highest BCUT2D eigenvalue weighted by atomic mass is 32.2. The highest BCUT2D eigenvalue weighted by Crippen LogP contribution is 2.06. The Morgan fingerprint density at radius 3 is 2.25 bits per heavy atom. The van der Waals surface area contributed by atoms with Gasteiger partial charge < -0.3 is 5.32 Å². The van der Waals surface area contributed by atoms with Gasteiger partial charge in [0.25, 0.3) is 0 Å². The zero-order valence-corrected chi connectivity index (χ0v) is 11.9. The van der Waals surface area contributed by atoms with Crippen LogP contribution >= 0.6 is 0 Å². The molecule has 0 aliphatic carbocycles. The van der Waals surface area contributed by atoms with Crippen molar-refractivity contribution in [2.24, 2.45) is 5.92 Å². The highest BCUT2D eigenvalue weighted by molar-refractivity contribution is 7.92. The van der Waals surface area contributed by atoms with E-state index in [9.17, 15) is 8.42 Å². The van der Waals surface area contributed by atoms with E-state index >= 15 is 0 Å². The lowest BCUT2D eigenvalue weighted by Gasteiger charge is -2.15. The summed E-state index contributed by atoms with van der Waals surface area (Å²) in [6.45, 7) is 9.35. The molecule has 0 radical (unpaired) electrons. The van der Waals surface area contributed by atoms with Crippen LogP contribution in [-0.2, 0) is 9.84 Å². The van der Waals surface area contributed by atoms with Crippen LogP contribution in [0, 0.1) is 5.92 Å². The Kier molecular flexibility index (Phi) is 8.02. The van der Waals surface area contributed by atoms with Crippen molar-refractivity contribution in [3.8, 4) is 0 Å². The number of unbranched alkanes of at least 4 members (excludes halogenated alkanes) is 2. The average Bonchev–Trinajstić information content (AvgIpc) is 2.15. The van der Waals surface area contributed by atoms with Crippen LogP contribution in [0.25, 0.3) is 0 Å². The molecular weight excluding hydrogens is 222 g/mol. The van der Waals surface area contributed by atoms with Crippen molar-refractivity contribution in [3.63, 3.8) is 0 Å². The molecule has 0 heterocycles. The number of sulfone groups is 1. The summed E-state index contributed by atoms with van der Waals surface area (Å²) in [5.74, 6) is 0.512. The van der Waals surface area contributed by atoms with Gasteiger partial charge in [0.1, 0.15) is 0 Å². The number of hydrogen-bond acceptors (Lipinski definition) is 3. The summed E-state index contributed by atoms with van der Waals surface area (Å²) in [5.41, 5.74) is 0. The Balaban J connectivity index is 3.83. The smallest absolute Gasteiger partial charge is 0.154 e. The molecule has 0 aromatic carbocycles. The summed E-state index contributed by atoms with van der Waals surface area (Å²) in [6.07, 6.45) is 3.54. The topological polar surface area (TPSA) is 46.2 Å². The minimum Gasteiger partial charge on any atom is -0.315 e. The second-order valence-corrected chi connectivity index (χ2v) is 7.41. The van der Waals surface area contributed by atoms with Gasteiger partial charge in [0.05, 0.1) is 11.0 Å². The summed E-state index contributed by atoms with van der Waals surface area (Å²) < 4.78 is 23.6. The molecule has 0 spiro atoms. The Morgan fingerprint density at radius 2 is 1.75 bits per heavy atom. The molecule has 0 rings (SSSR count). The van der Waals surface area contributed by atoms with E-state index < -0.39 is 9.84 Å². The van der Waals surface area contributed by atoms with E-state index in [-0.39, 0.29) is 11.2 Å². The molecule has 0 aromatic rings. The Hall–Kier alpha value is -0.0900. The highest BCUT2D eigenvalue weighted by Gasteiger charge is 2.21. The van der Waals surface area contributed by atoms with Gasteiger partial charge in [-0.3, -0.25) is 0 Å². The van der Waals surface area contributed by atoms with Crippen molar-refractivity contribution < 1.29 is 8.42 Å². The minimum atomic E-state index is -2.91. The minimum absolute atomic E-state index is 0.215. The van der Waals surface area contributed by atoms with Crippen LogP contribution in [0.2, 0.25) is 0 Å². The molecule has 0 saturated heterocycles. The zero-order valence-electron chi connectivity index (χ0n) is 11.1.